The number of pyridine rings is 1. The maximum atomic E-state index is 13.1. The predicted molar refractivity (Wildman–Crippen MR) is 56.8 cm³/mol. The second kappa shape index (κ2) is 5.47. The molecule has 0 aliphatic carbocycles. The van der Waals surface area contributed by atoms with Gasteiger partial charge in [0.05, 0.1) is 0 Å². The van der Waals surface area contributed by atoms with Crippen LogP contribution in [-0.2, 0) is 11.3 Å². The summed E-state index contributed by atoms with van der Waals surface area (Å²) in [7, 11) is 0. The number of nitrogens with zero attached hydrogens (tertiary/aromatic N) is 1. The fourth-order valence-corrected chi connectivity index (χ4v) is 1.24. The minimum Gasteiger partial charge on any atom is -0.347 e. The van der Waals surface area contributed by atoms with E-state index in [1.165, 1.54) is 29.8 Å². The Bertz CT molecular complexity index is 476. The number of carbonyl (C=O) groups excluding carboxylic acids is 1. The summed E-state index contributed by atoms with van der Waals surface area (Å²) in [6.07, 6.45) is 2.52. The van der Waals surface area contributed by atoms with Crippen LogP contribution in [0.1, 0.15) is 5.56 Å². The van der Waals surface area contributed by atoms with E-state index in [0.29, 0.717) is 0 Å². The van der Waals surface area contributed by atoms with Crippen molar-refractivity contribution in [2.24, 2.45) is 0 Å². The van der Waals surface area contributed by atoms with Gasteiger partial charge in [0.25, 0.3) is 5.91 Å². The van der Waals surface area contributed by atoms with Gasteiger partial charge < -0.3 is 5.32 Å². The lowest BCUT2D eigenvalue weighted by Crippen LogP contribution is -2.58. The van der Waals surface area contributed by atoms with Crippen molar-refractivity contribution in [3.63, 3.8) is 0 Å². The summed E-state index contributed by atoms with van der Waals surface area (Å²) in [5, 5.41) is -4.15. The molecule has 0 aliphatic rings. The van der Waals surface area contributed by atoms with E-state index < -0.39 is 29.7 Å². The zero-order chi connectivity index (χ0) is 15.6. The molecule has 20 heavy (non-hydrogen) atoms. The molecule has 3 nitrogen and oxygen atoms in total. The Balaban J connectivity index is 2.80. The van der Waals surface area contributed by atoms with Crippen LogP contribution in [0.25, 0.3) is 0 Å². The topological polar surface area (TPSA) is 42.0 Å². The highest BCUT2D eigenvalue weighted by molar-refractivity contribution is 6.22. The average Bonchev–Trinajstić information content (AvgIpc) is 2.35. The summed E-state index contributed by atoms with van der Waals surface area (Å²) < 4.78 is 76.2. The summed E-state index contributed by atoms with van der Waals surface area (Å²) >= 11 is 3.92. The molecule has 0 fully saturated rings. The Morgan fingerprint density at radius 3 is 2.30 bits per heavy atom. The molecule has 0 spiro atoms. The standard InChI is InChI=1S/C10H7ClF6N2O/c11-10(16,17)9(14,15)8(12,13)7(20)19-5-6-2-1-3-18-4-6/h1-4H,5H2,(H,19,20). The van der Waals surface area contributed by atoms with E-state index in [-0.39, 0.29) is 5.56 Å². The number of carbonyl (C=O) groups is 1. The molecule has 0 saturated heterocycles. The molecule has 0 aliphatic heterocycles. The smallest absolute Gasteiger partial charge is 0.347 e. The molecule has 0 bridgehead atoms. The van der Waals surface area contributed by atoms with Gasteiger partial charge in [0.2, 0.25) is 0 Å². The van der Waals surface area contributed by atoms with Crippen molar-refractivity contribution >= 4 is 17.5 Å². The van der Waals surface area contributed by atoms with Gasteiger partial charge in [-0.25, -0.2) is 0 Å². The van der Waals surface area contributed by atoms with E-state index in [1.807, 2.05) is 0 Å². The van der Waals surface area contributed by atoms with Gasteiger partial charge in [0.15, 0.2) is 0 Å². The number of alkyl halides is 7. The van der Waals surface area contributed by atoms with Crippen molar-refractivity contribution in [2.75, 3.05) is 0 Å². The average molecular weight is 321 g/mol. The molecule has 1 N–H and O–H groups in total. The number of aromatic nitrogens is 1. The van der Waals surface area contributed by atoms with Crippen LogP contribution in [-0.4, -0.2) is 28.1 Å². The van der Waals surface area contributed by atoms with E-state index in [9.17, 15) is 31.1 Å². The van der Waals surface area contributed by atoms with Gasteiger partial charge in [0.1, 0.15) is 0 Å². The van der Waals surface area contributed by atoms with Crippen molar-refractivity contribution in [3.05, 3.63) is 30.1 Å². The first kappa shape index (κ1) is 16.5. The van der Waals surface area contributed by atoms with Gasteiger partial charge in [-0.2, -0.15) is 26.3 Å². The van der Waals surface area contributed by atoms with E-state index in [4.69, 9.17) is 0 Å². The third-order valence-corrected chi connectivity index (χ3v) is 2.45. The Morgan fingerprint density at radius 1 is 1.25 bits per heavy atom. The first-order valence-corrected chi connectivity index (χ1v) is 5.37. The minimum absolute atomic E-state index is 0.220. The van der Waals surface area contributed by atoms with Crippen LogP contribution < -0.4 is 5.32 Å². The first-order valence-electron chi connectivity index (χ1n) is 4.99. The molecular formula is C10H7ClF6N2O. The second-order valence-corrected chi connectivity index (χ2v) is 4.17. The van der Waals surface area contributed by atoms with Crippen LogP contribution >= 0.6 is 11.6 Å². The van der Waals surface area contributed by atoms with Crippen molar-refractivity contribution in [1.82, 2.24) is 10.3 Å². The van der Waals surface area contributed by atoms with Crippen LogP contribution in [0.4, 0.5) is 26.3 Å². The second-order valence-electron chi connectivity index (χ2n) is 3.69. The monoisotopic (exact) mass is 320 g/mol. The van der Waals surface area contributed by atoms with E-state index in [0.717, 1.165) is 0 Å². The molecule has 0 saturated carbocycles. The SMILES string of the molecule is O=C(NCc1cccnc1)C(F)(F)C(F)(F)C(F)(F)Cl. The predicted octanol–water partition coefficient (Wildman–Crippen LogP) is 2.80. The summed E-state index contributed by atoms with van der Waals surface area (Å²) in [5.41, 5.74) is 0.220. The van der Waals surface area contributed by atoms with Crippen molar-refractivity contribution in [3.8, 4) is 0 Å². The van der Waals surface area contributed by atoms with Crippen LogP contribution in [0.5, 0.6) is 0 Å². The van der Waals surface area contributed by atoms with Crippen LogP contribution in [0.15, 0.2) is 24.5 Å². The quantitative estimate of drug-likeness (QED) is 0.669. The van der Waals surface area contributed by atoms with Crippen LogP contribution in [0.2, 0.25) is 0 Å². The summed E-state index contributed by atoms with van der Waals surface area (Å²) in [6, 6.07) is 2.76. The van der Waals surface area contributed by atoms with Crippen molar-refractivity contribution < 1.29 is 31.1 Å². The molecule has 1 heterocycles. The normalized spacial score (nSPS) is 13.2. The zero-order valence-electron chi connectivity index (χ0n) is 9.52. The molecule has 1 aromatic rings. The molecule has 1 aromatic heterocycles. The third-order valence-electron chi connectivity index (χ3n) is 2.21. The molecule has 1 rings (SSSR count). The van der Waals surface area contributed by atoms with Crippen molar-refractivity contribution in [1.29, 1.82) is 0 Å². The first-order chi connectivity index (χ1) is 9.00. The third kappa shape index (κ3) is 3.14. The number of rotatable bonds is 5. The summed E-state index contributed by atoms with van der Waals surface area (Å²) in [4.78, 5) is 14.6. The molecule has 1 amide bonds. The Hall–Kier alpha value is -1.51. The zero-order valence-corrected chi connectivity index (χ0v) is 10.3. The molecule has 112 valence electrons. The highest BCUT2D eigenvalue weighted by Crippen LogP contribution is 2.47. The number of hydrogen-bond acceptors (Lipinski definition) is 2. The van der Waals surface area contributed by atoms with Gasteiger partial charge >= 0.3 is 17.2 Å². The van der Waals surface area contributed by atoms with Gasteiger partial charge in [-0.1, -0.05) is 6.07 Å². The Kier molecular flexibility index (Phi) is 4.52. The van der Waals surface area contributed by atoms with E-state index in [1.54, 1.807) is 0 Å². The lowest BCUT2D eigenvalue weighted by molar-refractivity contribution is -0.269. The maximum Gasteiger partial charge on any atom is 0.395 e. The molecule has 10 heteroatoms. The van der Waals surface area contributed by atoms with Gasteiger partial charge in [-0.15, -0.1) is 0 Å². The Morgan fingerprint density at radius 2 is 1.85 bits per heavy atom. The van der Waals surface area contributed by atoms with E-state index >= 15 is 0 Å². The Labute approximate surface area is 113 Å². The molecule has 0 unspecified atom stereocenters. The van der Waals surface area contributed by atoms with Gasteiger partial charge in [-0.3, -0.25) is 9.78 Å². The fraction of sp³-hybridized carbons (Fsp3) is 0.400. The highest BCUT2D eigenvalue weighted by atomic mass is 35.5. The number of nitrogens with one attached hydrogen (secondary N) is 1. The largest absolute Gasteiger partial charge is 0.395 e. The van der Waals surface area contributed by atoms with Crippen LogP contribution in [0.3, 0.4) is 0 Å². The molecule has 0 radical (unpaired) electrons. The minimum atomic E-state index is -6.03. The summed E-state index contributed by atoms with van der Waals surface area (Å²) in [6.45, 7) is -0.577. The molecular weight excluding hydrogens is 314 g/mol. The fourth-order valence-electron chi connectivity index (χ4n) is 1.12. The van der Waals surface area contributed by atoms with Gasteiger partial charge in [-0.05, 0) is 23.2 Å². The van der Waals surface area contributed by atoms with Crippen LogP contribution in [0, 0.1) is 0 Å². The number of halogens is 7. The van der Waals surface area contributed by atoms with E-state index in [2.05, 4.69) is 16.6 Å². The van der Waals surface area contributed by atoms with Crippen molar-refractivity contribution in [2.45, 2.75) is 23.8 Å². The number of amides is 1. The number of hydrogen-bond donors (Lipinski definition) is 1. The van der Waals surface area contributed by atoms with Gasteiger partial charge in [0, 0.05) is 18.9 Å². The maximum absolute atomic E-state index is 13.1. The molecule has 0 atom stereocenters. The molecule has 0 aromatic carbocycles. The lowest BCUT2D eigenvalue weighted by Gasteiger charge is -2.28. The summed E-state index contributed by atoms with van der Waals surface area (Å²) in [5.74, 6) is -14.3. The highest BCUT2D eigenvalue weighted by Gasteiger charge is 2.74. The lowest BCUT2D eigenvalue weighted by atomic mass is 10.1.